The standard InChI is InChI=1S/C15H17N3O3S/c1-4-5-11-6-7-12(13(8-11)20-3)21-9-14(19)16-15-18-17-10(2)22-15/h4-8H,9H2,1-3H3,(H,16,18,19)/b5-4+. The van der Waals surface area contributed by atoms with Gasteiger partial charge in [-0.05, 0) is 31.5 Å². The van der Waals surface area contributed by atoms with E-state index in [4.69, 9.17) is 9.47 Å². The van der Waals surface area contributed by atoms with Gasteiger partial charge in [0.05, 0.1) is 7.11 Å². The number of methoxy groups -OCH3 is 1. The van der Waals surface area contributed by atoms with E-state index in [0.29, 0.717) is 16.6 Å². The Morgan fingerprint density at radius 1 is 1.36 bits per heavy atom. The molecule has 0 saturated heterocycles. The van der Waals surface area contributed by atoms with Crippen molar-refractivity contribution in [3.8, 4) is 11.5 Å². The monoisotopic (exact) mass is 319 g/mol. The van der Waals surface area contributed by atoms with Crippen molar-refractivity contribution in [3.63, 3.8) is 0 Å². The molecule has 0 aliphatic carbocycles. The van der Waals surface area contributed by atoms with E-state index in [0.717, 1.165) is 10.6 Å². The molecule has 0 atom stereocenters. The summed E-state index contributed by atoms with van der Waals surface area (Å²) in [5, 5.41) is 11.5. The number of nitrogens with one attached hydrogen (secondary N) is 1. The van der Waals surface area contributed by atoms with Gasteiger partial charge in [-0.1, -0.05) is 29.6 Å². The maximum atomic E-state index is 11.8. The first-order valence-corrected chi connectivity index (χ1v) is 7.47. The second-order valence-electron chi connectivity index (χ2n) is 4.37. The Morgan fingerprint density at radius 2 is 2.18 bits per heavy atom. The molecule has 0 unspecified atom stereocenters. The van der Waals surface area contributed by atoms with Crippen molar-refractivity contribution in [2.24, 2.45) is 0 Å². The summed E-state index contributed by atoms with van der Waals surface area (Å²) >= 11 is 1.31. The average molecular weight is 319 g/mol. The van der Waals surface area contributed by atoms with Crippen LogP contribution in [0.5, 0.6) is 11.5 Å². The number of ether oxygens (including phenoxy) is 2. The Kier molecular flexibility index (Phi) is 5.48. The number of benzene rings is 1. The molecule has 0 spiro atoms. The lowest BCUT2D eigenvalue weighted by Gasteiger charge is -2.10. The highest BCUT2D eigenvalue weighted by molar-refractivity contribution is 7.15. The summed E-state index contributed by atoms with van der Waals surface area (Å²) in [5.74, 6) is 0.797. The molecule has 22 heavy (non-hydrogen) atoms. The van der Waals surface area contributed by atoms with Gasteiger partial charge in [0.1, 0.15) is 5.01 Å². The van der Waals surface area contributed by atoms with Crippen LogP contribution >= 0.6 is 11.3 Å². The predicted molar refractivity (Wildman–Crippen MR) is 86.5 cm³/mol. The maximum Gasteiger partial charge on any atom is 0.264 e. The van der Waals surface area contributed by atoms with Crippen molar-refractivity contribution in [2.45, 2.75) is 13.8 Å². The minimum Gasteiger partial charge on any atom is -0.493 e. The van der Waals surface area contributed by atoms with Gasteiger partial charge in [-0.15, -0.1) is 10.2 Å². The number of allylic oxidation sites excluding steroid dienone is 1. The van der Waals surface area contributed by atoms with Crippen LogP contribution in [-0.2, 0) is 4.79 Å². The van der Waals surface area contributed by atoms with E-state index in [1.54, 1.807) is 13.2 Å². The molecule has 2 aromatic rings. The summed E-state index contributed by atoms with van der Waals surface area (Å²) in [5.41, 5.74) is 1.00. The van der Waals surface area contributed by atoms with Crippen LogP contribution in [0.25, 0.3) is 6.08 Å². The normalized spacial score (nSPS) is 10.7. The fourth-order valence-corrected chi connectivity index (χ4v) is 2.35. The van der Waals surface area contributed by atoms with Crippen LogP contribution < -0.4 is 14.8 Å². The molecule has 2 rings (SSSR count). The largest absolute Gasteiger partial charge is 0.493 e. The molecule has 0 radical (unpaired) electrons. The van der Waals surface area contributed by atoms with Gasteiger partial charge < -0.3 is 9.47 Å². The first-order valence-electron chi connectivity index (χ1n) is 6.66. The molecule has 1 N–H and O–H groups in total. The van der Waals surface area contributed by atoms with Gasteiger partial charge in [-0.3, -0.25) is 10.1 Å². The lowest BCUT2D eigenvalue weighted by molar-refractivity contribution is -0.118. The zero-order valence-corrected chi connectivity index (χ0v) is 13.4. The van der Waals surface area contributed by atoms with Crippen LogP contribution in [0.15, 0.2) is 24.3 Å². The molecular weight excluding hydrogens is 302 g/mol. The lowest BCUT2D eigenvalue weighted by Crippen LogP contribution is -2.20. The number of hydrogen-bond donors (Lipinski definition) is 1. The van der Waals surface area contributed by atoms with Crippen LogP contribution in [0.3, 0.4) is 0 Å². The maximum absolute atomic E-state index is 11.8. The zero-order valence-electron chi connectivity index (χ0n) is 12.6. The number of carbonyl (C=O) groups is 1. The SMILES string of the molecule is C/C=C/c1ccc(OCC(=O)Nc2nnc(C)s2)c(OC)c1. The number of aryl methyl sites for hydroxylation is 1. The molecule has 1 aromatic carbocycles. The molecule has 0 saturated carbocycles. The quantitative estimate of drug-likeness (QED) is 0.886. The Bertz CT molecular complexity index is 682. The van der Waals surface area contributed by atoms with Gasteiger partial charge in [0.15, 0.2) is 18.1 Å². The molecule has 116 valence electrons. The van der Waals surface area contributed by atoms with Crippen LogP contribution in [0.2, 0.25) is 0 Å². The van der Waals surface area contributed by atoms with Crippen LogP contribution in [0.1, 0.15) is 17.5 Å². The number of nitrogens with zero attached hydrogens (tertiary/aromatic N) is 2. The van der Waals surface area contributed by atoms with E-state index in [1.165, 1.54) is 11.3 Å². The van der Waals surface area contributed by atoms with E-state index in [2.05, 4.69) is 15.5 Å². The molecule has 6 nitrogen and oxygen atoms in total. The van der Waals surface area contributed by atoms with Gasteiger partial charge in [-0.25, -0.2) is 0 Å². The third-order valence-electron chi connectivity index (χ3n) is 2.68. The Labute approximate surface area is 132 Å². The zero-order chi connectivity index (χ0) is 15.9. The first-order chi connectivity index (χ1) is 10.6. The van der Waals surface area contributed by atoms with Gasteiger partial charge in [0, 0.05) is 0 Å². The summed E-state index contributed by atoms with van der Waals surface area (Å²) in [7, 11) is 1.56. The molecule has 0 aliphatic heterocycles. The molecule has 0 fully saturated rings. The molecular formula is C15H17N3O3S. The van der Waals surface area contributed by atoms with Crippen LogP contribution in [-0.4, -0.2) is 29.8 Å². The topological polar surface area (TPSA) is 73.3 Å². The van der Waals surface area contributed by atoms with E-state index in [-0.39, 0.29) is 12.5 Å². The van der Waals surface area contributed by atoms with Gasteiger partial charge in [-0.2, -0.15) is 0 Å². The summed E-state index contributed by atoms with van der Waals surface area (Å²) < 4.78 is 10.8. The molecule has 1 aromatic heterocycles. The Hall–Kier alpha value is -2.41. The van der Waals surface area contributed by atoms with Crippen molar-refractivity contribution < 1.29 is 14.3 Å². The summed E-state index contributed by atoms with van der Waals surface area (Å²) in [6.07, 6.45) is 3.89. The fraction of sp³-hybridized carbons (Fsp3) is 0.267. The number of rotatable bonds is 6. The van der Waals surface area contributed by atoms with E-state index in [1.807, 2.05) is 38.1 Å². The number of hydrogen-bond acceptors (Lipinski definition) is 6. The summed E-state index contributed by atoms with van der Waals surface area (Å²) in [4.78, 5) is 11.8. The van der Waals surface area contributed by atoms with Crippen molar-refractivity contribution in [2.75, 3.05) is 19.0 Å². The van der Waals surface area contributed by atoms with E-state index in [9.17, 15) is 4.79 Å². The van der Waals surface area contributed by atoms with Crippen molar-refractivity contribution in [1.29, 1.82) is 0 Å². The second-order valence-corrected chi connectivity index (χ2v) is 5.56. The van der Waals surface area contributed by atoms with Crippen molar-refractivity contribution in [1.82, 2.24) is 10.2 Å². The van der Waals surface area contributed by atoms with E-state index < -0.39 is 0 Å². The van der Waals surface area contributed by atoms with Crippen molar-refractivity contribution >= 4 is 28.5 Å². The Morgan fingerprint density at radius 3 is 2.82 bits per heavy atom. The number of carbonyl (C=O) groups excluding carboxylic acids is 1. The summed E-state index contributed by atoms with van der Waals surface area (Å²) in [6.45, 7) is 3.63. The third-order valence-corrected chi connectivity index (χ3v) is 3.43. The molecule has 7 heteroatoms. The predicted octanol–water partition coefficient (Wildman–Crippen LogP) is 2.91. The number of amides is 1. The highest BCUT2D eigenvalue weighted by Gasteiger charge is 2.10. The Balaban J connectivity index is 1.97. The first kappa shape index (κ1) is 16.0. The van der Waals surface area contributed by atoms with Crippen LogP contribution in [0.4, 0.5) is 5.13 Å². The van der Waals surface area contributed by atoms with Gasteiger partial charge in [0.2, 0.25) is 5.13 Å². The van der Waals surface area contributed by atoms with Crippen molar-refractivity contribution in [3.05, 3.63) is 34.8 Å². The van der Waals surface area contributed by atoms with E-state index >= 15 is 0 Å². The van der Waals surface area contributed by atoms with Crippen LogP contribution in [0, 0.1) is 6.92 Å². The molecule has 1 amide bonds. The smallest absolute Gasteiger partial charge is 0.264 e. The third kappa shape index (κ3) is 4.29. The minimum atomic E-state index is -0.296. The second kappa shape index (κ2) is 7.56. The number of anilines is 1. The average Bonchev–Trinajstić information content (AvgIpc) is 2.91. The summed E-state index contributed by atoms with van der Waals surface area (Å²) in [6, 6.07) is 5.52. The molecule has 0 bridgehead atoms. The fourth-order valence-electron chi connectivity index (χ4n) is 1.75. The lowest BCUT2D eigenvalue weighted by atomic mass is 10.2. The van der Waals surface area contributed by atoms with Gasteiger partial charge >= 0.3 is 0 Å². The van der Waals surface area contributed by atoms with Gasteiger partial charge in [0.25, 0.3) is 5.91 Å². The highest BCUT2D eigenvalue weighted by atomic mass is 32.1. The number of aromatic nitrogens is 2. The molecule has 0 aliphatic rings. The highest BCUT2D eigenvalue weighted by Crippen LogP contribution is 2.28. The molecule has 1 heterocycles. The minimum absolute atomic E-state index is 0.127.